The molecule has 1 unspecified atom stereocenters. The molecule has 0 saturated heterocycles. The summed E-state index contributed by atoms with van der Waals surface area (Å²) >= 11 is 3.55. The molecule has 0 radical (unpaired) electrons. The number of rotatable bonds is 1. The van der Waals surface area contributed by atoms with Crippen LogP contribution in [0.25, 0.3) is 10.9 Å². The van der Waals surface area contributed by atoms with Crippen LogP contribution in [0.1, 0.15) is 21.6 Å². The number of nitrogens with zero attached hydrogens (tertiary/aromatic N) is 1. The number of hydrogen-bond acceptors (Lipinski definition) is 2. The van der Waals surface area contributed by atoms with Crippen LogP contribution < -0.4 is 4.74 Å². The first-order valence-electron chi connectivity index (χ1n) is 8.02. The molecule has 1 aliphatic carbocycles. The number of carbonyl (C=O) groups excluding carboxylic acids is 1. The quantitative estimate of drug-likeness (QED) is 0.693. The summed E-state index contributed by atoms with van der Waals surface area (Å²) in [5.74, 6) is 0.752. The number of benzene rings is 2. The fraction of sp³-hybridized carbons (Fsp3) is 0.211. The standard InChI is InChI=1S/C19H15BrN2O2/c20-11-5-6-16-14(7-11)15-8-12(9-17(15)21-16)22-10-24-18-4-2-1-3-13(18)19(22)23/h1-7,12,21H,8-10H2. The maximum Gasteiger partial charge on any atom is 0.260 e. The first-order chi connectivity index (χ1) is 11.7. The Balaban J connectivity index is 1.47. The summed E-state index contributed by atoms with van der Waals surface area (Å²) in [6, 6.07) is 13.9. The number of carbonyl (C=O) groups is 1. The zero-order chi connectivity index (χ0) is 16.3. The van der Waals surface area contributed by atoms with Gasteiger partial charge in [0.2, 0.25) is 0 Å². The van der Waals surface area contributed by atoms with Crippen molar-refractivity contribution in [1.82, 2.24) is 9.88 Å². The number of H-pyrrole nitrogens is 1. The molecule has 1 atom stereocenters. The van der Waals surface area contributed by atoms with E-state index in [0.717, 1.165) is 22.8 Å². The van der Waals surface area contributed by atoms with Gasteiger partial charge < -0.3 is 14.6 Å². The summed E-state index contributed by atoms with van der Waals surface area (Å²) in [6.45, 7) is 0.326. The number of halogens is 1. The zero-order valence-corrected chi connectivity index (χ0v) is 14.5. The lowest BCUT2D eigenvalue weighted by molar-refractivity contribution is 0.0396. The smallest absolute Gasteiger partial charge is 0.260 e. The normalized spacial score (nSPS) is 19.3. The average molecular weight is 383 g/mol. The molecule has 24 heavy (non-hydrogen) atoms. The van der Waals surface area contributed by atoms with E-state index in [4.69, 9.17) is 4.74 Å². The van der Waals surface area contributed by atoms with Gasteiger partial charge in [-0.25, -0.2) is 0 Å². The van der Waals surface area contributed by atoms with Crippen molar-refractivity contribution in [2.75, 3.05) is 6.73 Å². The molecule has 0 saturated carbocycles. The van der Waals surface area contributed by atoms with E-state index in [-0.39, 0.29) is 11.9 Å². The van der Waals surface area contributed by atoms with E-state index in [9.17, 15) is 4.79 Å². The topological polar surface area (TPSA) is 45.3 Å². The molecular weight excluding hydrogens is 368 g/mol. The fourth-order valence-electron chi connectivity index (χ4n) is 3.84. The number of aromatic nitrogens is 1. The van der Waals surface area contributed by atoms with Gasteiger partial charge in [0.05, 0.1) is 5.56 Å². The first kappa shape index (κ1) is 14.1. The Bertz CT molecular complexity index is 979. The maximum absolute atomic E-state index is 12.8. The molecule has 0 fully saturated rings. The van der Waals surface area contributed by atoms with Gasteiger partial charge in [0, 0.05) is 33.5 Å². The number of fused-ring (bicyclic) bond motifs is 4. The van der Waals surface area contributed by atoms with Crippen molar-refractivity contribution in [3.63, 3.8) is 0 Å². The highest BCUT2D eigenvalue weighted by molar-refractivity contribution is 9.10. The molecule has 5 heteroatoms. The first-order valence-corrected chi connectivity index (χ1v) is 8.82. The SMILES string of the molecule is O=C1c2ccccc2OCN1C1Cc2[nH]c3ccc(Br)cc3c2C1. The van der Waals surface area contributed by atoms with Crippen LogP contribution in [0.2, 0.25) is 0 Å². The lowest BCUT2D eigenvalue weighted by Gasteiger charge is -2.33. The molecule has 120 valence electrons. The second kappa shape index (κ2) is 5.11. The number of hydrogen-bond donors (Lipinski definition) is 1. The maximum atomic E-state index is 12.8. The lowest BCUT2D eigenvalue weighted by Crippen LogP contribution is -2.46. The molecule has 2 aliphatic rings. The minimum absolute atomic E-state index is 0.0671. The van der Waals surface area contributed by atoms with Crippen LogP contribution in [-0.4, -0.2) is 28.6 Å². The van der Waals surface area contributed by atoms with Gasteiger partial charge in [-0.1, -0.05) is 28.1 Å². The van der Waals surface area contributed by atoms with E-state index in [1.807, 2.05) is 35.2 Å². The summed E-state index contributed by atoms with van der Waals surface area (Å²) in [5.41, 5.74) is 4.38. The number of aromatic amines is 1. The van der Waals surface area contributed by atoms with Crippen molar-refractivity contribution in [2.45, 2.75) is 18.9 Å². The third-order valence-electron chi connectivity index (χ3n) is 5.01. The van der Waals surface area contributed by atoms with Crippen LogP contribution in [0, 0.1) is 0 Å². The van der Waals surface area contributed by atoms with Gasteiger partial charge in [0.15, 0.2) is 6.73 Å². The Morgan fingerprint density at radius 3 is 2.96 bits per heavy atom. The van der Waals surface area contributed by atoms with Gasteiger partial charge in [-0.3, -0.25) is 4.79 Å². The molecule has 0 bridgehead atoms. The highest BCUT2D eigenvalue weighted by Crippen LogP contribution is 2.35. The van der Waals surface area contributed by atoms with Crippen molar-refractivity contribution in [1.29, 1.82) is 0 Å². The fourth-order valence-corrected chi connectivity index (χ4v) is 4.20. The number of nitrogens with one attached hydrogen (secondary N) is 1. The summed E-state index contributed by atoms with van der Waals surface area (Å²) in [4.78, 5) is 18.2. The van der Waals surface area contributed by atoms with Crippen molar-refractivity contribution in [2.24, 2.45) is 0 Å². The van der Waals surface area contributed by atoms with Crippen LogP contribution in [0.5, 0.6) is 5.75 Å². The van der Waals surface area contributed by atoms with Gasteiger partial charge in [-0.15, -0.1) is 0 Å². The van der Waals surface area contributed by atoms with Crippen molar-refractivity contribution in [3.05, 3.63) is 63.8 Å². The molecule has 4 nitrogen and oxygen atoms in total. The third-order valence-corrected chi connectivity index (χ3v) is 5.51. The minimum atomic E-state index is 0.0671. The molecule has 1 N–H and O–H groups in total. The molecule has 1 aromatic heterocycles. The van der Waals surface area contributed by atoms with E-state index >= 15 is 0 Å². The van der Waals surface area contributed by atoms with E-state index in [2.05, 4.69) is 33.0 Å². The third kappa shape index (κ3) is 2.01. The van der Waals surface area contributed by atoms with Gasteiger partial charge >= 0.3 is 0 Å². The van der Waals surface area contributed by atoms with Crippen LogP contribution in [0.3, 0.4) is 0 Å². The van der Waals surface area contributed by atoms with Crippen LogP contribution in [0.4, 0.5) is 0 Å². The van der Waals surface area contributed by atoms with Crippen LogP contribution >= 0.6 is 15.9 Å². The Morgan fingerprint density at radius 2 is 2.04 bits per heavy atom. The Kier molecular flexibility index (Phi) is 3.00. The molecule has 1 aliphatic heterocycles. The average Bonchev–Trinajstić information content (AvgIpc) is 3.13. The van der Waals surface area contributed by atoms with E-state index in [1.165, 1.54) is 16.6 Å². The van der Waals surface area contributed by atoms with Gasteiger partial charge in [-0.2, -0.15) is 0 Å². The van der Waals surface area contributed by atoms with Crippen molar-refractivity contribution in [3.8, 4) is 5.75 Å². The van der Waals surface area contributed by atoms with Gasteiger partial charge in [-0.05, 0) is 42.3 Å². The molecular formula is C19H15BrN2O2. The van der Waals surface area contributed by atoms with Crippen LogP contribution in [0.15, 0.2) is 46.9 Å². The largest absolute Gasteiger partial charge is 0.472 e. The van der Waals surface area contributed by atoms with E-state index in [1.54, 1.807) is 0 Å². The summed E-state index contributed by atoms with van der Waals surface area (Å²) in [6.07, 6.45) is 1.71. The van der Waals surface area contributed by atoms with Crippen molar-refractivity contribution < 1.29 is 9.53 Å². The molecule has 1 amide bonds. The Hall–Kier alpha value is -2.27. The summed E-state index contributed by atoms with van der Waals surface area (Å²) in [5, 5.41) is 1.24. The number of para-hydroxylation sites is 1. The molecule has 0 spiro atoms. The Morgan fingerprint density at radius 1 is 1.17 bits per heavy atom. The monoisotopic (exact) mass is 382 g/mol. The zero-order valence-electron chi connectivity index (χ0n) is 12.9. The second-order valence-electron chi connectivity index (χ2n) is 6.38. The predicted octanol–water partition coefficient (Wildman–Crippen LogP) is 3.89. The van der Waals surface area contributed by atoms with Crippen LogP contribution in [-0.2, 0) is 12.8 Å². The number of amides is 1. The summed E-state index contributed by atoms with van der Waals surface area (Å²) in [7, 11) is 0. The molecule has 3 aromatic rings. The van der Waals surface area contributed by atoms with E-state index < -0.39 is 0 Å². The van der Waals surface area contributed by atoms with Gasteiger partial charge in [0.25, 0.3) is 5.91 Å². The van der Waals surface area contributed by atoms with E-state index in [0.29, 0.717) is 18.0 Å². The molecule has 2 aromatic carbocycles. The highest BCUT2D eigenvalue weighted by Gasteiger charge is 2.36. The van der Waals surface area contributed by atoms with Gasteiger partial charge in [0.1, 0.15) is 5.75 Å². The molecule has 5 rings (SSSR count). The van der Waals surface area contributed by atoms with Crippen molar-refractivity contribution >= 4 is 32.7 Å². The predicted molar refractivity (Wildman–Crippen MR) is 95.3 cm³/mol. The Labute approximate surface area is 147 Å². The summed E-state index contributed by atoms with van der Waals surface area (Å²) < 4.78 is 6.86. The highest BCUT2D eigenvalue weighted by atomic mass is 79.9. The lowest BCUT2D eigenvalue weighted by atomic mass is 10.1. The second-order valence-corrected chi connectivity index (χ2v) is 7.29. The minimum Gasteiger partial charge on any atom is -0.472 e. The molecule has 2 heterocycles. The number of ether oxygens (including phenoxy) is 1.